The molecular weight excluding hydrogens is 216 g/mol. The Morgan fingerprint density at radius 2 is 1.44 bits per heavy atom. The van der Waals surface area contributed by atoms with E-state index in [-0.39, 0.29) is 0 Å². The SMILES string of the molecule is Cc1c(C(C)C)ccc2c1ccc1ccccc12. The van der Waals surface area contributed by atoms with Crippen molar-refractivity contribution in [2.75, 3.05) is 0 Å². The minimum absolute atomic E-state index is 0.584. The number of benzene rings is 3. The Kier molecular flexibility index (Phi) is 2.59. The molecule has 0 saturated carbocycles. The van der Waals surface area contributed by atoms with Crippen molar-refractivity contribution in [2.45, 2.75) is 26.7 Å². The molecule has 0 bridgehead atoms. The van der Waals surface area contributed by atoms with E-state index in [2.05, 4.69) is 69.3 Å². The molecule has 0 fully saturated rings. The minimum atomic E-state index is 0.584. The second-order valence-corrected chi connectivity index (χ2v) is 5.32. The zero-order valence-electron chi connectivity index (χ0n) is 11.2. The highest BCUT2D eigenvalue weighted by Gasteiger charge is 2.08. The lowest BCUT2D eigenvalue weighted by Gasteiger charge is -2.13. The molecule has 18 heavy (non-hydrogen) atoms. The summed E-state index contributed by atoms with van der Waals surface area (Å²) in [4.78, 5) is 0. The Balaban J connectivity index is 2.44. The van der Waals surface area contributed by atoms with Gasteiger partial charge in [-0.25, -0.2) is 0 Å². The van der Waals surface area contributed by atoms with Crippen LogP contribution in [0.25, 0.3) is 21.5 Å². The van der Waals surface area contributed by atoms with E-state index in [1.165, 1.54) is 32.7 Å². The van der Waals surface area contributed by atoms with Crippen molar-refractivity contribution in [2.24, 2.45) is 0 Å². The van der Waals surface area contributed by atoms with E-state index in [0.29, 0.717) is 5.92 Å². The first-order valence-corrected chi connectivity index (χ1v) is 6.59. The zero-order chi connectivity index (χ0) is 12.7. The first-order chi connectivity index (χ1) is 8.68. The van der Waals surface area contributed by atoms with Crippen LogP contribution >= 0.6 is 0 Å². The normalized spacial score (nSPS) is 11.6. The Morgan fingerprint density at radius 3 is 2.22 bits per heavy atom. The van der Waals surface area contributed by atoms with Gasteiger partial charge in [0.15, 0.2) is 0 Å². The van der Waals surface area contributed by atoms with Crippen LogP contribution < -0.4 is 0 Å². The van der Waals surface area contributed by atoms with Crippen LogP contribution in [0, 0.1) is 6.92 Å². The van der Waals surface area contributed by atoms with Gasteiger partial charge in [0, 0.05) is 0 Å². The van der Waals surface area contributed by atoms with E-state index in [4.69, 9.17) is 0 Å². The topological polar surface area (TPSA) is 0 Å². The fourth-order valence-electron chi connectivity index (χ4n) is 2.88. The van der Waals surface area contributed by atoms with Crippen LogP contribution in [0.3, 0.4) is 0 Å². The molecule has 0 aromatic heterocycles. The Hall–Kier alpha value is -1.82. The zero-order valence-corrected chi connectivity index (χ0v) is 11.2. The summed E-state index contributed by atoms with van der Waals surface area (Å²) in [6.07, 6.45) is 0. The number of fused-ring (bicyclic) bond motifs is 3. The molecule has 0 radical (unpaired) electrons. The third-order valence-corrected chi connectivity index (χ3v) is 3.86. The largest absolute Gasteiger partial charge is 0.0616 e. The van der Waals surface area contributed by atoms with E-state index < -0.39 is 0 Å². The third-order valence-electron chi connectivity index (χ3n) is 3.86. The van der Waals surface area contributed by atoms with Crippen LogP contribution in [-0.4, -0.2) is 0 Å². The number of rotatable bonds is 1. The van der Waals surface area contributed by atoms with E-state index in [1.807, 2.05) is 0 Å². The van der Waals surface area contributed by atoms with Gasteiger partial charge in [-0.3, -0.25) is 0 Å². The van der Waals surface area contributed by atoms with Crippen LogP contribution in [0.2, 0.25) is 0 Å². The maximum atomic E-state index is 2.29. The van der Waals surface area contributed by atoms with Crippen molar-refractivity contribution in [3.05, 3.63) is 59.7 Å². The Bertz CT molecular complexity index is 721. The molecule has 0 amide bonds. The molecule has 0 spiro atoms. The number of aryl methyl sites for hydroxylation is 1. The molecule has 0 heterocycles. The van der Waals surface area contributed by atoms with Crippen molar-refractivity contribution in [1.82, 2.24) is 0 Å². The second kappa shape index (κ2) is 4.13. The summed E-state index contributed by atoms with van der Waals surface area (Å²) in [5.41, 5.74) is 2.88. The van der Waals surface area contributed by atoms with E-state index in [9.17, 15) is 0 Å². The van der Waals surface area contributed by atoms with Crippen molar-refractivity contribution in [3.63, 3.8) is 0 Å². The van der Waals surface area contributed by atoms with E-state index >= 15 is 0 Å². The van der Waals surface area contributed by atoms with E-state index in [0.717, 1.165) is 0 Å². The molecule has 90 valence electrons. The fraction of sp³-hybridized carbons (Fsp3) is 0.222. The first-order valence-electron chi connectivity index (χ1n) is 6.59. The lowest BCUT2D eigenvalue weighted by Crippen LogP contribution is -1.93. The van der Waals surface area contributed by atoms with Gasteiger partial charge in [0.25, 0.3) is 0 Å². The summed E-state index contributed by atoms with van der Waals surface area (Å²) in [6, 6.07) is 17.7. The average Bonchev–Trinajstić information content (AvgIpc) is 2.38. The Morgan fingerprint density at radius 1 is 0.722 bits per heavy atom. The Labute approximate surface area is 108 Å². The minimum Gasteiger partial charge on any atom is -0.0616 e. The molecule has 0 atom stereocenters. The summed E-state index contributed by atoms with van der Waals surface area (Å²) < 4.78 is 0. The average molecular weight is 234 g/mol. The van der Waals surface area contributed by atoms with Gasteiger partial charge >= 0.3 is 0 Å². The molecule has 0 heteroatoms. The maximum Gasteiger partial charge on any atom is -0.0103 e. The van der Waals surface area contributed by atoms with Gasteiger partial charge in [-0.05, 0) is 45.5 Å². The van der Waals surface area contributed by atoms with Gasteiger partial charge in [0.05, 0.1) is 0 Å². The smallest absolute Gasteiger partial charge is 0.0103 e. The first kappa shape index (κ1) is 11.3. The summed E-state index contributed by atoms with van der Waals surface area (Å²) >= 11 is 0. The van der Waals surface area contributed by atoms with Crippen LogP contribution in [0.5, 0.6) is 0 Å². The maximum absolute atomic E-state index is 2.29. The summed E-state index contributed by atoms with van der Waals surface area (Å²) in [6.45, 7) is 6.76. The van der Waals surface area contributed by atoms with Gasteiger partial charge in [-0.1, -0.05) is 62.4 Å². The lowest BCUT2D eigenvalue weighted by molar-refractivity contribution is 0.859. The summed E-state index contributed by atoms with van der Waals surface area (Å²) in [5, 5.41) is 5.44. The van der Waals surface area contributed by atoms with Gasteiger partial charge in [0.1, 0.15) is 0 Å². The molecule has 3 rings (SSSR count). The van der Waals surface area contributed by atoms with Crippen LogP contribution in [-0.2, 0) is 0 Å². The predicted octanol–water partition coefficient (Wildman–Crippen LogP) is 5.42. The molecule has 0 aliphatic heterocycles. The molecule has 0 N–H and O–H groups in total. The highest BCUT2D eigenvalue weighted by Crippen LogP contribution is 2.31. The monoisotopic (exact) mass is 234 g/mol. The van der Waals surface area contributed by atoms with Gasteiger partial charge in [0.2, 0.25) is 0 Å². The van der Waals surface area contributed by atoms with Gasteiger partial charge in [-0.2, -0.15) is 0 Å². The molecule has 0 unspecified atom stereocenters. The van der Waals surface area contributed by atoms with Crippen molar-refractivity contribution in [3.8, 4) is 0 Å². The fourth-order valence-corrected chi connectivity index (χ4v) is 2.88. The standard InChI is InChI=1S/C18H18/c1-12(2)15-10-11-18-16(13(15)3)9-8-14-6-4-5-7-17(14)18/h4-12H,1-3H3. The molecule has 0 aliphatic carbocycles. The molecular formula is C18H18. The number of hydrogen-bond donors (Lipinski definition) is 0. The summed E-state index contributed by atoms with van der Waals surface area (Å²) in [7, 11) is 0. The van der Waals surface area contributed by atoms with Gasteiger partial charge in [-0.15, -0.1) is 0 Å². The number of hydrogen-bond acceptors (Lipinski definition) is 0. The summed E-state index contributed by atoms with van der Waals surface area (Å²) in [5.74, 6) is 0.584. The molecule has 0 saturated heterocycles. The molecule has 3 aromatic rings. The molecule has 0 nitrogen and oxygen atoms in total. The van der Waals surface area contributed by atoms with Crippen molar-refractivity contribution >= 4 is 21.5 Å². The third kappa shape index (κ3) is 1.60. The highest BCUT2D eigenvalue weighted by atomic mass is 14.1. The van der Waals surface area contributed by atoms with Crippen molar-refractivity contribution < 1.29 is 0 Å². The second-order valence-electron chi connectivity index (χ2n) is 5.32. The van der Waals surface area contributed by atoms with Crippen LogP contribution in [0.15, 0.2) is 48.5 Å². The van der Waals surface area contributed by atoms with E-state index in [1.54, 1.807) is 0 Å². The predicted molar refractivity (Wildman–Crippen MR) is 80.3 cm³/mol. The molecule has 3 aromatic carbocycles. The van der Waals surface area contributed by atoms with Gasteiger partial charge < -0.3 is 0 Å². The molecule has 0 aliphatic rings. The van der Waals surface area contributed by atoms with Crippen LogP contribution in [0.1, 0.15) is 30.9 Å². The van der Waals surface area contributed by atoms with Crippen LogP contribution in [0.4, 0.5) is 0 Å². The highest BCUT2D eigenvalue weighted by molar-refractivity contribution is 6.08. The lowest BCUT2D eigenvalue weighted by atomic mass is 9.91. The quantitative estimate of drug-likeness (QED) is 0.493. The van der Waals surface area contributed by atoms with Crippen molar-refractivity contribution in [1.29, 1.82) is 0 Å².